The molecule has 62 heavy (non-hydrogen) atoms. The van der Waals surface area contributed by atoms with Gasteiger partial charge in [0.2, 0.25) is 0 Å². The Bertz CT molecular complexity index is 3650. The van der Waals surface area contributed by atoms with Gasteiger partial charge in [0.25, 0.3) is 0 Å². The van der Waals surface area contributed by atoms with Crippen LogP contribution in [0.5, 0.6) is 5.75 Å². The minimum absolute atomic E-state index is 0.400. The molecule has 0 aliphatic rings. The quantitative estimate of drug-likeness (QED) is 0.0862. The minimum atomic E-state index is -6.05. The van der Waals surface area contributed by atoms with Crippen molar-refractivity contribution in [1.82, 2.24) is 0 Å². The summed E-state index contributed by atoms with van der Waals surface area (Å²) in [5, 5.41) is 7.22. The summed E-state index contributed by atoms with van der Waals surface area (Å²) in [4.78, 5) is 4.06. The SMILES string of the molecule is O=S(=O)(Oc1cc(N(c2ccccc2)c2cccc3c2oc2ccccc23)c2sc3ccc(N(c4ccccc4)c4cc5ccccc5c5ccccc45)cc3c2c1)C(F)(F)F. The summed E-state index contributed by atoms with van der Waals surface area (Å²) in [6.07, 6.45) is 0. The molecule has 0 radical (unpaired) electrons. The van der Waals surface area contributed by atoms with E-state index in [4.69, 9.17) is 8.60 Å². The fourth-order valence-corrected chi connectivity index (χ4v) is 10.1. The van der Waals surface area contributed by atoms with Gasteiger partial charge in [-0.1, -0.05) is 115 Å². The smallest absolute Gasteiger partial charge is 0.454 e. The van der Waals surface area contributed by atoms with E-state index in [1.54, 1.807) is 0 Å². The number of alkyl halides is 3. The van der Waals surface area contributed by atoms with Crippen molar-refractivity contribution in [1.29, 1.82) is 0 Å². The highest BCUT2D eigenvalue weighted by Gasteiger charge is 2.48. The normalized spacial score (nSPS) is 12.2. The van der Waals surface area contributed by atoms with Crippen LogP contribution in [0.25, 0.3) is 63.7 Å². The Morgan fingerprint density at radius 2 is 1.11 bits per heavy atom. The van der Waals surface area contributed by atoms with E-state index in [9.17, 15) is 21.6 Å². The standard InChI is InChI=1S/C51H31F3N2O4S2/c52-51(53,54)62(57,58)60-36-30-43-42-29-35(55(33-15-3-1-4-16-33)45-28-32-14-7-8-19-37(32)38-20-9-10-21-39(38)45)26-27-48(42)61-50(43)46(31-36)56(34-17-5-2-6-18-34)44-24-13-23-41-40-22-11-12-25-47(40)59-49(41)44/h1-31H. The highest BCUT2D eigenvalue weighted by atomic mass is 32.2. The minimum Gasteiger partial charge on any atom is -0.454 e. The first-order chi connectivity index (χ1) is 30.1. The molecule has 0 saturated heterocycles. The van der Waals surface area contributed by atoms with E-state index in [0.29, 0.717) is 43.7 Å². The molecular weight excluding hydrogens is 826 g/mol. The molecule has 6 nitrogen and oxygen atoms in total. The summed E-state index contributed by atoms with van der Waals surface area (Å²) in [5.74, 6) is -0.493. The number of anilines is 6. The van der Waals surface area contributed by atoms with Crippen molar-refractivity contribution in [3.8, 4) is 5.75 Å². The molecule has 9 aromatic carbocycles. The van der Waals surface area contributed by atoms with Gasteiger partial charge in [0, 0.05) is 54.8 Å². The average molecular weight is 857 g/mol. The highest BCUT2D eigenvalue weighted by molar-refractivity contribution is 7.88. The first kappa shape index (κ1) is 37.6. The molecule has 0 amide bonds. The van der Waals surface area contributed by atoms with Gasteiger partial charge in [0.15, 0.2) is 5.58 Å². The molecule has 0 spiro atoms. The van der Waals surface area contributed by atoms with Crippen molar-refractivity contribution in [2.24, 2.45) is 0 Å². The highest BCUT2D eigenvalue weighted by Crippen LogP contribution is 2.51. The topological polar surface area (TPSA) is 63.0 Å². The number of furan rings is 1. The van der Waals surface area contributed by atoms with Crippen molar-refractivity contribution in [2.75, 3.05) is 9.80 Å². The summed E-state index contributed by atoms with van der Waals surface area (Å²) in [7, 11) is -6.05. The number of thiophene rings is 1. The maximum Gasteiger partial charge on any atom is 0.534 e. The average Bonchev–Trinajstić information content (AvgIpc) is 3.86. The number of hydrogen-bond donors (Lipinski definition) is 0. The predicted octanol–water partition coefficient (Wildman–Crippen LogP) is 15.4. The molecule has 11 rings (SSSR count). The first-order valence-corrected chi connectivity index (χ1v) is 21.9. The van der Waals surface area contributed by atoms with E-state index in [0.717, 1.165) is 54.1 Å². The summed E-state index contributed by atoms with van der Waals surface area (Å²) >= 11 is 1.45. The zero-order chi connectivity index (χ0) is 42.2. The lowest BCUT2D eigenvalue weighted by atomic mass is 9.99. The number of para-hydroxylation sites is 4. The van der Waals surface area contributed by atoms with E-state index in [1.807, 2.05) is 150 Å². The summed E-state index contributed by atoms with van der Waals surface area (Å²) < 4.78 is 80.5. The molecule has 11 aromatic rings. The second kappa shape index (κ2) is 14.4. The zero-order valence-corrected chi connectivity index (χ0v) is 34.0. The van der Waals surface area contributed by atoms with E-state index in [1.165, 1.54) is 23.5 Å². The van der Waals surface area contributed by atoms with Crippen LogP contribution in [0.3, 0.4) is 0 Å². The number of rotatable bonds is 8. The molecule has 0 bridgehead atoms. The number of benzene rings is 9. The Hall–Kier alpha value is -7.34. The molecule has 2 aromatic heterocycles. The largest absolute Gasteiger partial charge is 0.534 e. The second-order valence-corrected chi connectivity index (χ2v) is 17.4. The maximum absolute atomic E-state index is 14.0. The van der Waals surface area contributed by atoms with E-state index in [-0.39, 0.29) is 0 Å². The van der Waals surface area contributed by atoms with Crippen LogP contribution in [0.1, 0.15) is 0 Å². The van der Waals surface area contributed by atoms with E-state index >= 15 is 0 Å². The van der Waals surface area contributed by atoms with Crippen molar-refractivity contribution in [2.45, 2.75) is 5.51 Å². The molecular formula is C51H31F3N2O4S2. The van der Waals surface area contributed by atoms with Gasteiger partial charge in [-0.25, -0.2) is 0 Å². The van der Waals surface area contributed by atoms with Gasteiger partial charge in [-0.3, -0.25) is 0 Å². The third-order valence-corrected chi connectivity index (χ3v) is 13.3. The Kier molecular flexibility index (Phi) is 8.74. The molecule has 302 valence electrons. The van der Waals surface area contributed by atoms with Crippen LogP contribution < -0.4 is 14.0 Å². The van der Waals surface area contributed by atoms with Gasteiger partial charge in [-0.05, 0) is 82.9 Å². The molecule has 0 saturated carbocycles. The Morgan fingerprint density at radius 3 is 1.85 bits per heavy atom. The Morgan fingerprint density at radius 1 is 0.484 bits per heavy atom. The van der Waals surface area contributed by atoms with Crippen LogP contribution in [0.4, 0.5) is 47.3 Å². The fraction of sp³-hybridized carbons (Fsp3) is 0.0196. The summed E-state index contributed by atoms with van der Waals surface area (Å²) in [6, 6.07) is 60.1. The van der Waals surface area contributed by atoms with Crippen molar-refractivity contribution >= 4 is 119 Å². The van der Waals surface area contributed by atoms with E-state index < -0.39 is 21.4 Å². The summed E-state index contributed by atoms with van der Waals surface area (Å²) in [6.45, 7) is 0. The van der Waals surface area contributed by atoms with Crippen LogP contribution in [-0.2, 0) is 10.1 Å². The zero-order valence-electron chi connectivity index (χ0n) is 32.4. The van der Waals surface area contributed by atoms with Gasteiger partial charge in [-0.15, -0.1) is 11.3 Å². The second-order valence-electron chi connectivity index (χ2n) is 14.8. The molecule has 0 aliphatic heterocycles. The molecule has 0 aliphatic carbocycles. The van der Waals surface area contributed by atoms with Crippen molar-refractivity contribution in [3.63, 3.8) is 0 Å². The number of hydrogen-bond acceptors (Lipinski definition) is 7. The molecule has 0 atom stereocenters. The maximum atomic E-state index is 14.0. The van der Waals surface area contributed by atoms with Gasteiger partial charge >= 0.3 is 15.6 Å². The van der Waals surface area contributed by atoms with Gasteiger partial charge in [-0.2, -0.15) is 21.6 Å². The molecule has 0 fully saturated rings. The van der Waals surface area contributed by atoms with Gasteiger partial charge in [0.05, 0.1) is 21.8 Å². The van der Waals surface area contributed by atoms with Gasteiger partial charge in [0.1, 0.15) is 11.3 Å². The third-order valence-electron chi connectivity index (χ3n) is 11.1. The number of halogens is 3. The van der Waals surface area contributed by atoms with E-state index in [2.05, 4.69) is 35.2 Å². The molecule has 0 N–H and O–H groups in total. The number of fused-ring (bicyclic) bond motifs is 9. The Labute approximate surface area is 357 Å². The lowest BCUT2D eigenvalue weighted by molar-refractivity contribution is -0.0500. The van der Waals surface area contributed by atoms with Crippen LogP contribution in [0.15, 0.2) is 192 Å². The van der Waals surface area contributed by atoms with Crippen LogP contribution in [-0.4, -0.2) is 13.9 Å². The predicted molar refractivity (Wildman–Crippen MR) is 247 cm³/mol. The molecule has 0 unspecified atom stereocenters. The van der Waals surface area contributed by atoms with Gasteiger partial charge < -0.3 is 18.4 Å². The van der Waals surface area contributed by atoms with Crippen LogP contribution in [0, 0.1) is 0 Å². The molecule has 11 heteroatoms. The number of nitrogens with zero attached hydrogens (tertiary/aromatic N) is 2. The van der Waals surface area contributed by atoms with Crippen LogP contribution >= 0.6 is 11.3 Å². The van der Waals surface area contributed by atoms with Crippen molar-refractivity contribution in [3.05, 3.63) is 188 Å². The molecule has 2 heterocycles. The Balaban J connectivity index is 1.20. The van der Waals surface area contributed by atoms with Crippen molar-refractivity contribution < 1.29 is 30.2 Å². The monoisotopic (exact) mass is 856 g/mol. The third kappa shape index (κ3) is 6.19. The lowest BCUT2D eigenvalue weighted by Gasteiger charge is -2.27. The summed E-state index contributed by atoms with van der Waals surface area (Å²) in [5.41, 5.74) is -0.190. The first-order valence-electron chi connectivity index (χ1n) is 19.7. The van der Waals surface area contributed by atoms with Crippen LogP contribution in [0.2, 0.25) is 0 Å². The lowest BCUT2D eigenvalue weighted by Crippen LogP contribution is -2.28. The fourth-order valence-electron chi connectivity index (χ4n) is 8.47.